The number of benzene rings is 1. The second-order valence-electron chi connectivity index (χ2n) is 3.15. The number of aromatic nitrogens is 2. The lowest BCUT2D eigenvalue weighted by Gasteiger charge is -2.03. The van der Waals surface area contributed by atoms with Crippen LogP contribution in [0, 0.1) is 6.92 Å². The number of aryl methyl sites for hydroxylation is 2. The van der Waals surface area contributed by atoms with Crippen molar-refractivity contribution in [3.63, 3.8) is 0 Å². The molecule has 0 saturated carbocycles. The van der Waals surface area contributed by atoms with Crippen LogP contribution in [0.5, 0.6) is 0 Å². The zero-order valence-corrected chi connectivity index (χ0v) is 8.44. The van der Waals surface area contributed by atoms with Crippen LogP contribution in [0.1, 0.15) is 18.1 Å². The molecule has 1 aromatic carbocycles. The largest absolute Gasteiger partial charge is 0.276 e. The van der Waals surface area contributed by atoms with Crippen LogP contribution in [0.3, 0.4) is 0 Å². The van der Waals surface area contributed by atoms with Crippen LogP contribution < -0.4 is 0 Å². The van der Waals surface area contributed by atoms with Crippen LogP contribution in [0.4, 0.5) is 0 Å². The number of aromatic amines is 1. The van der Waals surface area contributed by atoms with Gasteiger partial charge in [-0.05, 0) is 30.5 Å². The Hall–Kier alpha value is -1.02. The van der Waals surface area contributed by atoms with E-state index in [2.05, 4.69) is 30.1 Å². The van der Waals surface area contributed by atoms with Gasteiger partial charge in [0.25, 0.3) is 0 Å². The molecule has 68 valence electrons. The molecule has 0 bridgehead atoms. The molecule has 1 aromatic heterocycles. The molecule has 0 atom stereocenters. The highest BCUT2D eigenvalue weighted by molar-refractivity contribution is 6.34. The minimum absolute atomic E-state index is 0.579. The van der Waals surface area contributed by atoms with Gasteiger partial charge in [0.15, 0.2) is 5.15 Å². The van der Waals surface area contributed by atoms with E-state index >= 15 is 0 Å². The normalized spacial score (nSPS) is 11.0. The van der Waals surface area contributed by atoms with E-state index in [1.807, 2.05) is 6.07 Å². The van der Waals surface area contributed by atoms with Crippen molar-refractivity contribution in [3.8, 4) is 0 Å². The third-order valence-corrected chi connectivity index (χ3v) is 2.65. The summed E-state index contributed by atoms with van der Waals surface area (Å²) < 4.78 is 0. The van der Waals surface area contributed by atoms with Crippen molar-refractivity contribution in [2.24, 2.45) is 0 Å². The lowest BCUT2D eigenvalue weighted by Crippen LogP contribution is -1.87. The van der Waals surface area contributed by atoms with Gasteiger partial charge in [0.2, 0.25) is 0 Å². The summed E-state index contributed by atoms with van der Waals surface area (Å²) in [6.07, 6.45) is 0.989. The summed E-state index contributed by atoms with van der Waals surface area (Å²) in [5.74, 6) is 0. The number of H-pyrrole nitrogens is 1. The molecule has 2 rings (SSSR count). The molecule has 2 aromatic rings. The Kier molecular flexibility index (Phi) is 2.00. The number of nitrogens with one attached hydrogen (secondary N) is 1. The average Bonchev–Trinajstić information content (AvgIpc) is 2.49. The van der Waals surface area contributed by atoms with Crippen LogP contribution in [0.15, 0.2) is 12.1 Å². The molecule has 0 aliphatic carbocycles. The van der Waals surface area contributed by atoms with E-state index in [-0.39, 0.29) is 0 Å². The summed E-state index contributed by atoms with van der Waals surface area (Å²) in [7, 11) is 0. The number of hydrogen-bond acceptors (Lipinski definition) is 1. The molecular weight excluding hydrogens is 184 g/mol. The van der Waals surface area contributed by atoms with Crippen molar-refractivity contribution in [3.05, 3.63) is 28.4 Å². The molecular formula is C10H11ClN2. The van der Waals surface area contributed by atoms with E-state index in [4.69, 9.17) is 11.6 Å². The second-order valence-corrected chi connectivity index (χ2v) is 3.51. The van der Waals surface area contributed by atoms with E-state index < -0.39 is 0 Å². The summed E-state index contributed by atoms with van der Waals surface area (Å²) in [6, 6.07) is 4.11. The zero-order valence-electron chi connectivity index (χ0n) is 7.69. The number of halogens is 1. The maximum absolute atomic E-state index is 5.99. The maximum Gasteiger partial charge on any atom is 0.158 e. The van der Waals surface area contributed by atoms with Gasteiger partial charge in [-0.1, -0.05) is 24.6 Å². The molecule has 0 radical (unpaired) electrons. The van der Waals surface area contributed by atoms with Crippen LogP contribution in [-0.2, 0) is 6.42 Å². The van der Waals surface area contributed by atoms with Gasteiger partial charge in [-0.25, -0.2) is 0 Å². The summed E-state index contributed by atoms with van der Waals surface area (Å²) in [5.41, 5.74) is 3.59. The van der Waals surface area contributed by atoms with Gasteiger partial charge in [-0.3, -0.25) is 5.10 Å². The minimum atomic E-state index is 0.579. The second kappa shape index (κ2) is 3.04. The highest BCUT2D eigenvalue weighted by Gasteiger charge is 2.08. The molecule has 2 nitrogen and oxygen atoms in total. The van der Waals surface area contributed by atoms with Gasteiger partial charge < -0.3 is 0 Å². The standard InChI is InChI=1S/C10H11ClN2/c1-3-7-6(2)4-5-8-9(7)10(11)13-12-8/h4-5H,3H2,1-2H3,(H,12,13). The SMILES string of the molecule is CCc1c(C)ccc2[nH]nc(Cl)c12. The first-order valence-corrected chi connectivity index (χ1v) is 4.74. The zero-order chi connectivity index (χ0) is 9.42. The van der Waals surface area contributed by atoms with Gasteiger partial charge in [0.05, 0.1) is 5.52 Å². The van der Waals surface area contributed by atoms with E-state index in [1.54, 1.807) is 0 Å². The van der Waals surface area contributed by atoms with Crippen LogP contribution in [-0.4, -0.2) is 10.2 Å². The van der Waals surface area contributed by atoms with Gasteiger partial charge in [-0.2, -0.15) is 5.10 Å². The smallest absolute Gasteiger partial charge is 0.158 e. The molecule has 0 amide bonds. The first-order valence-electron chi connectivity index (χ1n) is 4.36. The monoisotopic (exact) mass is 194 g/mol. The molecule has 0 fully saturated rings. The first-order chi connectivity index (χ1) is 6.24. The Morgan fingerprint density at radius 3 is 2.92 bits per heavy atom. The minimum Gasteiger partial charge on any atom is -0.276 e. The molecule has 0 unspecified atom stereocenters. The Bertz CT molecular complexity index is 445. The molecule has 1 N–H and O–H groups in total. The highest BCUT2D eigenvalue weighted by atomic mass is 35.5. The molecule has 0 aliphatic heterocycles. The van der Waals surface area contributed by atoms with Gasteiger partial charge in [0.1, 0.15) is 0 Å². The van der Waals surface area contributed by atoms with E-state index in [0.717, 1.165) is 17.3 Å². The van der Waals surface area contributed by atoms with E-state index in [9.17, 15) is 0 Å². The van der Waals surface area contributed by atoms with Crippen molar-refractivity contribution < 1.29 is 0 Å². The van der Waals surface area contributed by atoms with E-state index in [0.29, 0.717) is 5.15 Å². The van der Waals surface area contributed by atoms with Crippen LogP contribution in [0.2, 0.25) is 5.15 Å². The number of fused-ring (bicyclic) bond motifs is 1. The molecule has 3 heteroatoms. The van der Waals surface area contributed by atoms with Gasteiger partial charge >= 0.3 is 0 Å². The van der Waals surface area contributed by atoms with Crippen molar-refractivity contribution in [1.82, 2.24) is 10.2 Å². The number of rotatable bonds is 1. The lowest BCUT2D eigenvalue weighted by atomic mass is 10.0. The third kappa shape index (κ3) is 1.22. The fourth-order valence-electron chi connectivity index (χ4n) is 1.70. The fourth-order valence-corrected chi connectivity index (χ4v) is 1.96. The summed E-state index contributed by atoms with van der Waals surface area (Å²) in [6.45, 7) is 4.23. The molecule has 13 heavy (non-hydrogen) atoms. The number of hydrogen-bond donors (Lipinski definition) is 1. The first kappa shape index (κ1) is 8.57. The Labute approximate surface area is 81.9 Å². The Morgan fingerprint density at radius 1 is 1.46 bits per heavy atom. The highest BCUT2D eigenvalue weighted by Crippen LogP contribution is 2.27. The van der Waals surface area contributed by atoms with E-state index in [1.165, 1.54) is 11.1 Å². The van der Waals surface area contributed by atoms with Crippen molar-refractivity contribution in [2.75, 3.05) is 0 Å². The van der Waals surface area contributed by atoms with Crippen molar-refractivity contribution in [2.45, 2.75) is 20.3 Å². The molecule has 0 saturated heterocycles. The van der Waals surface area contributed by atoms with Gasteiger partial charge in [-0.15, -0.1) is 0 Å². The van der Waals surface area contributed by atoms with Crippen LogP contribution in [0.25, 0.3) is 10.9 Å². The predicted octanol–water partition coefficient (Wildman–Crippen LogP) is 3.09. The number of nitrogens with zero attached hydrogens (tertiary/aromatic N) is 1. The summed E-state index contributed by atoms with van der Waals surface area (Å²) >= 11 is 5.99. The van der Waals surface area contributed by atoms with Crippen molar-refractivity contribution >= 4 is 22.5 Å². The molecule has 1 heterocycles. The quantitative estimate of drug-likeness (QED) is 0.743. The van der Waals surface area contributed by atoms with Gasteiger partial charge in [0, 0.05) is 5.39 Å². The lowest BCUT2D eigenvalue weighted by molar-refractivity contribution is 1.12. The topological polar surface area (TPSA) is 28.7 Å². The van der Waals surface area contributed by atoms with Crippen LogP contribution >= 0.6 is 11.6 Å². The predicted molar refractivity (Wildman–Crippen MR) is 55.2 cm³/mol. The molecule has 0 aliphatic rings. The maximum atomic E-state index is 5.99. The Morgan fingerprint density at radius 2 is 2.23 bits per heavy atom. The van der Waals surface area contributed by atoms with Crippen molar-refractivity contribution in [1.29, 1.82) is 0 Å². The molecule has 0 spiro atoms. The fraction of sp³-hybridized carbons (Fsp3) is 0.300. The Balaban J connectivity index is 2.88. The third-order valence-electron chi connectivity index (χ3n) is 2.38. The average molecular weight is 195 g/mol. The summed E-state index contributed by atoms with van der Waals surface area (Å²) in [4.78, 5) is 0. The summed E-state index contributed by atoms with van der Waals surface area (Å²) in [5, 5.41) is 8.55.